The molecule has 118 heavy (non-hydrogen) atoms. The summed E-state index contributed by atoms with van der Waals surface area (Å²) in [7, 11) is 0. The topological polar surface area (TPSA) is 197 Å². The van der Waals surface area contributed by atoms with Crippen LogP contribution in [-0.4, -0.2) is 116 Å². The number of carbonyl (C=O) groups is 4. The van der Waals surface area contributed by atoms with Gasteiger partial charge in [0.15, 0.2) is 31.9 Å². The Morgan fingerprint density at radius 1 is 0.356 bits per heavy atom. The third-order valence-electron chi connectivity index (χ3n) is 19.3. The molecule has 7 heterocycles. The molecule has 17 nitrogen and oxygen atoms in total. The molecule has 0 spiro atoms. The number of carbonyl (C=O) groups excluding carboxylic acids is 3. The SMILES string of the molecule is CCOC(=O)COc1ccc2c(c1)CCN(Cc1ccc(-c3ccc(C(F)(F)F)cc3)o1)CC2.CCOC(=O)COc1ccc2c(c1)CCN(Cc1ccc(-c3ccc(C(F)(F)F)cc3)o1)CC2.I.O=C(O)COc1ccc2c(c1)CCN(Cc1ccc(-c3ccc(C(F)(F)F)cc3)o1)CC2.O=Cc1ccc(-c2ccc(C(F)(F)F)cc2)o1. The van der Waals surface area contributed by atoms with E-state index in [9.17, 15) is 71.9 Å². The van der Waals surface area contributed by atoms with Crippen LogP contribution in [0, 0.1) is 0 Å². The zero-order chi connectivity index (χ0) is 83.4. The highest BCUT2D eigenvalue weighted by molar-refractivity contribution is 14.0. The minimum Gasteiger partial charge on any atom is -0.482 e. The molecule has 30 heteroatoms. The normalized spacial score (nSPS) is 13.9. The van der Waals surface area contributed by atoms with Gasteiger partial charge in [0.2, 0.25) is 0 Å². The molecule has 11 aromatic rings. The maximum absolute atomic E-state index is 12.8. The van der Waals surface area contributed by atoms with E-state index in [1.165, 1.54) is 88.5 Å². The van der Waals surface area contributed by atoms with E-state index in [1.54, 1.807) is 38.1 Å². The zero-order valence-corrected chi connectivity index (χ0v) is 66.1. The average Bonchev–Trinajstić information content (AvgIpc) is 1.64. The van der Waals surface area contributed by atoms with Crippen LogP contribution < -0.4 is 14.2 Å². The van der Waals surface area contributed by atoms with Crippen LogP contribution in [0.2, 0.25) is 0 Å². The molecule has 7 aromatic carbocycles. The number of esters is 2. The van der Waals surface area contributed by atoms with E-state index in [1.807, 2.05) is 66.7 Å². The van der Waals surface area contributed by atoms with E-state index < -0.39 is 64.9 Å². The quantitative estimate of drug-likeness (QED) is 0.0291. The Bertz CT molecular complexity index is 4930. The number of ether oxygens (including phenoxy) is 5. The number of aliphatic carboxylic acids is 1. The number of fused-ring (bicyclic) bond motifs is 3. The van der Waals surface area contributed by atoms with E-state index in [0.29, 0.717) is 102 Å². The molecule has 0 fully saturated rings. The van der Waals surface area contributed by atoms with Crippen molar-refractivity contribution in [1.82, 2.24) is 14.7 Å². The van der Waals surface area contributed by atoms with E-state index >= 15 is 0 Å². The first-order valence-electron chi connectivity index (χ1n) is 37.4. The summed E-state index contributed by atoms with van der Waals surface area (Å²) in [5.74, 6) is 4.45. The lowest BCUT2D eigenvalue weighted by atomic mass is 10.0. The van der Waals surface area contributed by atoms with Crippen molar-refractivity contribution in [3.63, 3.8) is 0 Å². The van der Waals surface area contributed by atoms with Crippen molar-refractivity contribution < 1.29 is 118 Å². The summed E-state index contributed by atoms with van der Waals surface area (Å²) in [5.41, 5.74) is 6.76. The highest BCUT2D eigenvalue weighted by Crippen LogP contribution is 2.38. The van der Waals surface area contributed by atoms with E-state index in [0.717, 1.165) is 149 Å². The molecule has 0 atom stereocenters. The van der Waals surface area contributed by atoms with Gasteiger partial charge in [0.25, 0.3) is 0 Å². The van der Waals surface area contributed by atoms with Crippen molar-refractivity contribution in [2.45, 2.75) is 96.7 Å². The largest absolute Gasteiger partial charge is 0.482 e. The van der Waals surface area contributed by atoms with E-state index in [4.69, 9.17) is 46.5 Å². The third-order valence-corrected chi connectivity index (χ3v) is 19.3. The predicted molar refractivity (Wildman–Crippen MR) is 422 cm³/mol. The number of furan rings is 4. The number of rotatable bonds is 22. The minimum absolute atomic E-state index is 0. The second-order valence-electron chi connectivity index (χ2n) is 27.4. The van der Waals surface area contributed by atoms with Gasteiger partial charge in [-0.1, -0.05) is 66.7 Å². The van der Waals surface area contributed by atoms with Gasteiger partial charge in [-0.3, -0.25) is 19.5 Å². The van der Waals surface area contributed by atoms with Crippen LogP contribution >= 0.6 is 24.0 Å². The second-order valence-corrected chi connectivity index (χ2v) is 27.4. The lowest BCUT2D eigenvalue weighted by Crippen LogP contribution is -2.25. The van der Waals surface area contributed by atoms with Gasteiger partial charge in [-0.05, 0) is 219 Å². The van der Waals surface area contributed by atoms with Gasteiger partial charge in [0.05, 0.1) is 55.1 Å². The first-order valence-corrected chi connectivity index (χ1v) is 37.4. The predicted octanol–water partition coefficient (Wildman–Crippen LogP) is 20.4. The van der Waals surface area contributed by atoms with Crippen LogP contribution in [0.3, 0.4) is 0 Å². The highest BCUT2D eigenvalue weighted by atomic mass is 127. The van der Waals surface area contributed by atoms with Crippen LogP contribution in [-0.2, 0) is 107 Å². The van der Waals surface area contributed by atoms with Crippen molar-refractivity contribution in [3.05, 3.63) is 279 Å². The number of hydrogen-bond donors (Lipinski definition) is 1. The summed E-state index contributed by atoms with van der Waals surface area (Å²) in [6.45, 7) is 10.4. The van der Waals surface area contributed by atoms with Gasteiger partial charge in [0, 0.05) is 61.5 Å². The summed E-state index contributed by atoms with van der Waals surface area (Å²) in [6, 6.07) is 50.8. The molecule has 0 saturated heterocycles. The number of alkyl halides is 12. The van der Waals surface area contributed by atoms with Gasteiger partial charge < -0.3 is 46.5 Å². The number of hydrogen-bond acceptors (Lipinski definition) is 16. The van der Waals surface area contributed by atoms with Crippen LogP contribution in [0.25, 0.3) is 45.3 Å². The Morgan fingerprint density at radius 3 is 0.873 bits per heavy atom. The summed E-state index contributed by atoms with van der Waals surface area (Å²) in [5, 5.41) is 8.77. The van der Waals surface area contributed by atoms with Crippen LogP contribution in [0.15, 0.2) is 218 Å². The molecule has 624 valence electrons. The van der Waals surface area contributed by atoms with Gasteiger partial charge in [-0.25, -0.2) is 14.4 Å². The van der Waals surface area contributed by atoms with E-state index in [2.05, 4.69) is 14.7 Å². The smallest absolute Gasteiger partial charge is 0.416 e. The number of halogens is 13. The second kappa shape index (κ2) is 40.9. The van der Waals surface area contributed by atoms with Crippen molar-refractivity contribution >= 4 is 48.2 Å². The summed E-state index contributed by atoms with van der Waals surface area (Å²) >= 11 is 0. The molecule has 0 amide bonds. The minimum atomic E-state index is -4.36. The Kier molecular flexibility index (Phi) is 30.9. The maximum Gasteiger partial charge on any atom is 0.416 e. The number of aldehydes is 1. The van der Waals surface area contributed by atoms with Crippen molar-refractivity contribution in [2.24, 2.45) is 0 Å². The van der Waals surface area contributed by atoms with Gasteiger partial charge in [-0.15, -0.1) is 24.0 Å². The standard InChI is InChI=1S/2C26H26F3NO4.C24H22F3NO4.C12H7F3O2.HI/c2*1-2-32-25(31)17-33-22-8-5-18-11-13-30(14-12-20(18)15-22)16-23-9-10-24(34-23)19-3-6-21(7-4-19)26(27,28)29;25-24(26,27)19-4-1-17(2-5-19)22-8-7-21(32-22)14-28-11-9-16-3-6-20(31-15-23(29)30)13-18(16)10-12-28;13-12(14,15)9-3-1-8(2-4-9)11-6-5-10(7-16)17-11;/h2*3-10,15H,2,11-14,16-17H2,1H3;1-8,13H,9-12,14-15H2,(H,29,30);1-7H;1H. The molecule has 0 saturated carbocycles. The Morgan fingerprint density at radius 2 is 0.619 bits per heavy atom. The highest BCUT2D eigenvalue weighted by Gasteiger charge is 2.34. The number of benzene rings is 7. The molecule has 3 aliphatic heterocycles. The fraction of sp³-hybridized carbons (Fsp3) is 0.295. The number of carboxylic acids is 1. The first-order chi connectivity index (χ1) is 55.9. The molecule has 0 radical (unpaired) electrons. The summed E-state index contributed by atoms with van der Waals surface area (Å²) in [4.78, 5) is 50.9. The average molecular weight is 1760 g/mol. The van der Waals surface area contributed by atoms with Gasteiger partial charge in [0.1, 0.15) is 57.6 Å². The molecule has 0 bridgehead atoms. The van der Waals surface area contributed by atoms with Crippen LogP contribution in [0.4, 0.5) is 52.7 Å². The zero-order valence-electron chi connectivity index (χ0n) is 63.8. The number of carboxylic acid groups (broad SMARTS) is 1. The van der Waals surface area contributed by atoms with E-state index in [-0.39, 0.29) is 49.6 Å². The molecule has 0 aliphatic carbocycles. The van der Waals surface area contributed by atoms with Crippen LogP contribution in [0.5, 0.6) is 17.2 Å². The fourth-order valence-corrected chi connectivity index (χ4v) is 13.2. The lowest BCUT2D eigenvalue weighted by Gasteiger charge is -2.18. The summed E-state index contributed by atoms with van der Waals surface area (Å²) < 4.78 is 201. The Balaban J connectivity index is 0.000000169. The first kappa shape index (κ1) is 89.3. The molecular weight excluding hydrogens is 1680 g/mol. The Labute approximate surface area is 688 Å². The molecule has 4 aromatic heterocycles. The maximum atomic E-state index is 12.8. The molecule has 14 rings (SSSR count). The lowest BCUT2D eigenvalue weighted by molar-refractivity contribution is -0.146. The monoisotopic (exact) mass is 1760 g/mol. The summed E-state index contributed by atoms with van der Waals surface area (Å²) in [6.07, 6.45) is -11.8. The fourth-order valence-electron chi connectivity index (χ4n) is 13.2. The third kappa shape index (κ3) is 26.0. The van der Waals surface area contributed by atoms with Crippen LogP contribution in [0.1, 0.15) is 97.3 Å². The van der Waals surface area contributed by atoms with Crippen molar-refractivity contribution in [1.29, 1.82) is 0 Å². The van der Waals surface area contributed by atoms with Crippen molar-refractivity contribution in [3.8, 4) is 62.5 Å². The van der Waals surface area contributed by atoms with Gasteiger partial charge >= 0.3 is 42.6 Å². The molecule has 1 N–H and O–H groups in total. The van der Waals surface area contributed by atoms with Crippen molar-refractivity contribution in [2.75, 3.05) is 72.3 Å². The Hall–Kier alpha value is -11.1. The molecule has 3 aliphatic rings. The molecule has 0 unspecified atom stereocenters. The number of nitrogens with zero attached hydrogens (tertiary/aromatic N) is 3. The molecular formula is C88H82F12IN3O14. The van der Waals surface area contributed by atoms with Gasteiger partial charge in [-0.2, -0.15) is 52.7 Å².